The van der Waals surface area contributed by atoms with Crippen LogP contribution >= 0.6 is 15.9 Å². The monoisotopic (exact) mass is 337 g/mol. The summed E-state index contributed by atoms with van der Waals surface area (Å²) < 4.78 is 2.29. The standard InChI is InChI=1S/C13H16BrN5O/c1-18(5-4-15)12-6-13(20)19(17-8-12)9-11-3-2-10(14)7-16-11/h2-3,6-8H,4-5,9,15H2,1H3. The average molecular weight is 338 g/mol. The van der Waals surface area contributed by atoms with Crippen molar-refractivity contribution in [3.05, 3.63) is 51.1 Å². The van der Waals surface area contributed by atoms with E-state index < -0.39 is 0 Å². The Kier molecular flexibility index (Phi) is 4.86. The van der Waals surface area contributed by atoms with Crippen molar-refractivity contribution in [3.8, 4) is 0 Å². The van der Waals surface area contributed by atoms with Crippen LogP contribution in [-0.2, 0) is 6.54 Å². The summed E-state index contributed by atoms with van der Waals surface area (Å²) >= 11 is 3.32. The summed E-state index contributed by atoms with van der Waals surface area (Å²) in [6.45, 7) is 1.56. The van der Waals surface area contributed by atoms with Crippen LogP contribution in [-0.4, -0.2) is 34.9 Å². The molecule has 20 heavy (non-hydrogen) atoms. The molecule has 2 aromatic rings. The smallest absolute Gasteiger partial charge is 0.269 e. The minimum atomic E-state index is -0.156. The largest absolute Gasteiger partial charge is 0.372 e. The van der Waals surface area contributed by atoms with Gasteiger partial charge in [-0.3, -0.25) is 9.78 Å². The minimum absolute atomic E-state index is 0.156. The van der Waals surface area contributed by atoms with Gasteiger partial charge in [0.25, 0.3) is 5.56 Å². The molecule has 7 heteroatoms. The molecule has 0 saturated carbocycles. The van der Waals surface area contributed by atoms with Crippen molar-refractivity contribution < 1.29 is 0 Å². The molecule has 0 radical (unpaired) electrons. The molecule has 2 N–H and O–H groups in total. The number of nitrogens with zero attached hydrogens (tertiary/aromatic N) is 4. The average Bonchev–Trinajstić information content (AvgIpc) is 2.43. The van der Waals surface area contributed by atoms with Gasteiger partial charge in [0, 0.05) is 36.9 Å². The Morgan fingerprint density at radius 2 is 2.20 bits per heavy atom. The Morgan fingerprint density at radius 3 is 2.80 bits per heavy atom. The van der Waals surface area contributed by atoms with Gasteiger partial charge in [0.15, 0.2) is 0 Å². The quantitative estimate of drug-likeness (QED) is 0.874. The second-order valence-electron chi connectivity index (χ2n) is 4.39. The normalized spacial score (nSPS) is 10.6. The molecule has 0 saturated heterocycles. The van der Waals surface area contributed by atoms with Gasteiger partial charge in [-0.05, 0) is 28.1 Å². The number of pyridine rings is 1. The van der Waals surface area contributed by atoms with Crippen LogP contribution in [0, 0.1) is 0 Å². The Balaban J connectivity index is 2.17. The van der Waals surface area contributed by atoms with Crippen molar-refractivity contribution in [1.29, 1.82) is 0 Å². The molecular weight excluding hydrogens is 322 g/mol. The second kappa shape index (κ2) is 6.62. The molecule has 0 fully saturated rings. The van der Waals surface area contributed by atoms with Crippen molar-refractivity contribution in [1.82, 2.24) is 14.8 Å². The zero-order chi connectivity index (χ0) is 14.5. The SMILES string of the molecule is CN(CCN)c1cnn(Cc2ccc(Br)cn2)c(=O)c1. The third-order valence-electron chi connectivity index (χ3n) is 2.86. The van der Waals surface area contributed by atoms with E-state index in [1.807, 2.05) is 24.1 Å². The van der Waals surface area contributed by atoms with Gasteiger partial charge in [-0.25, -0.2) is 4.68 Å². The van der Waals surface area contributed by atoms with Crippen molar-refractivity contribution in [3.63, 3.8) is 0 Å². The molecule has 0 amide bonds. The highest BCUT2D eigenvalue weighted by atomic mass is 79.9. The summed E-state index contributed by atoms with van der Waals surface area (Å²) in [7, 11) is 1.88. The van der Waals surface area contributed by atoms with Gasteiger partial charge in [0.05, 0.1) is 24.1 Å². The fourth-order valence-corrected chi connectivity index (χ4v) is 1.96. The highest BCUT2D eigenvalue weighted by molar-refractivity contribution is 9.10. The van der Waals surface area contributed by atoms with Crippen LogP contribution in [0.4, 0.5) is 5.69 Å². The summed E-state index contributed by atoms with van der Waals surface area (Å²) in [5, 5.41) is 4.17. The summed E-state index contributed by atoms with van der Waals surface area (Å²) in [4.78, 5) is 18.2. The Labute approximate surface area is 125 Å². The fraction of sp³-hybridized carbons (Fsp3) is 0.308. The number of nitrogens with two attached hydrogens (primary N) is 1. The third-order valence-corrected chi connectivity index (χ3v) is 3.33. The Hall–Kier alpha value is -1.73. The Morgan fingerprint density at radius 1 is 1.40 bits per heavy atom. The van der Waals surface area contributed by atoms with Crippen LogP contribution in [0.2, 0.25) is 0 Å². The molecule has 0 atom stereocenters. The predicted octanol–water partition coefficient (Wildman–Crippen LogP) is 0.844. The van der Waals surface area contributed by atoms with Crippen LogP contribution in [0.25, 0.3) is 0 Å². The summed E-state index contributed by atoms with van der Waals surface area (Å²) in [6, 6.07) is 5.30. The maximum Gasteiger partial charge on any atom is 0.269 e. The molecule has 0 unspecified atom stereocenters. The molecule has 2 heterocycles. The van der Waals surface area contributed by atoms with E-state index in [-0.39, 0.29) is 5.56 Å². The van der Waals surface area contributed by atoms with Gasteiger partial charge in [-0.15, -0.1) is 0 Å². The van der Waals surface area contributed by atoms with Crippen LogP contribution in [0.15, 0.2) is 39.9 Å². The van der Waals surface area contributed by atoms with Crippen molar-refractivity contribution in [2.75, 3.05) is 25.0 Å². The summed E-state index contributed by atoms with van der Waals surface area (Å²) in [5.41, 5.74) is 6.88. The van der Waals surface area contributed by atoms with E-state index in [4.69, 9.17) is 5.73 Å². The highest BCUT2D eigenvalue weighted by Gasteiger charge is 2.05. The van der Waals surface area contributed by atoms with E-state index in [9.17, 15) is 4.79 Å². The molecule has 0 aliphatic carbocycles. The zero-order valence-corrected chi connectivity index (χ0v) is 12.7. The highest BCUT2D eigenvalue weighted by Crippen LogP contribution is 2.09. The maximum absolute atomic E-state index is 12.0. The topological polar surface area (TPSA) is 77.0 Å². The Bertz CT molecular complexity index is 625. The van der Waals surface area contributed by atoms with Crippen molar-refractivity contribution in [2.24, 2.45) is 5.73 Å². The first-order chi connectivity index (χ1) is 9.60. The number of anilines is 1. The maximum atomic E-state index is 12.0. The minimum Gasteiger partial charge on any atom is -0.372 e. The lowest BCUT2D eigenvalue weighted by atomic mass is 10.3. The zero-order valence-electron chi connectivity index (χ0n) is 11.2. The number of hydrogen-bond donors (Lipinski definition) is 1. The van der Waals surface area contributed by atoms with Crippen molar-refractivity contribution in [2.45, 2.75) is 6.54 Å². The molecule has 0 aromatic carbocycles. The molecule has 2 rings (SSSR count). The van der Waals surface area contributed by atoms with Crippen LogP contribution < -0.4 is 16.2 Å². The van der Waals surface area contributed by atoms with Gasteiger partial charge >= 0.3 is 0 Å². The molecule has 2 aromatic heterocycles. The number of likely N-dealkylation sites (N-methyl/N-ethyl adjacent to an activating group) is 1. The summed E-state index contributed by atoms with van der Waals surface area (Å²) in [5.74, 6) is 0. The number of rotatable bonds is 5. The van der Waals surface area contributed by atoms with E-state index in [0.29, 0.717) is 19.6 Å². The van der Waals surface area contributed by atoms with Gasteiger partial charge < -0.3 is 10.6 Å². The molecule has 0 bridgehead atoms. The van der Waals surface area contributed by atoms with Gasteiger partial charge in [-0.1, -0.05) is 0 Å². The number of aromatic nitrogens is 3. The van der Waals surface area contributed by atoms with Gasteiger partial charge in [-0.2, -0.15) is 5.10 Å². The molecule has 0 aliphatic rings. The fourth-order valence-electron chi connectivity index (χ4n) is 1.73. The van der Waals surface area contributed by atoms with E-state index in [2.05, 4.69) is 26.0 Å². The lowest BCUT2D eigenvalue weighted by molar-refractivity contribution is 0.626. The molecule has 6 nitrogen and oxygen atoms in total. The van der Waals surface area contributed by atoms with Crippen molar-refractivity contribution >= 4 is 21.6 Å². The first-order valence-electron chi connectivity index (χ1n) is 6.19. The molecular formula is C13H16BrN5O. The second-order valence-corrected chi connectivity index (χ2v) is 5.30. The van der Waals surface area contributed by atoms with E-state index in [1.165, 1.54) is 4.68 Å². The lowest BCUT2D eigenvalue weighted by Crippen LogP contribution is -2.29. The lowest BCUT2D eigenvalue weighted by Gasteiger charge is -2.17. The third kappa shape index (κ3) is 3.64. The van der Waals surface area contributed by atoms with Crippen LogP contribution in [0.3, 0.4) is 0 Å². The first kappa shape index (κ1) is 14.7. The first-order valence-corrected chi connectivity index (χ1v) is 6.98. The molecule has 0 spiro atoms. The number of halogens is 1. The van der Waals surface area contributed by atoms with E-state index in [1.54, 1.807) is 18.5 Å². The molecule has 106 valence electrons. The number of hydrogen-bond acceptors (Lipinski definition) is 5. The predicted molar refractivity (Wildman–Crippen MR) is 81.9 cm³/mol. The van der Waals surface area contributed by atoms with E-state index >= 15 is 0 Å². The van der Waals surface area contributed by atoms with E-state index in [0.717, 1.165) is 15.9 Å². The van der Waals surface area contributed by atoms with Gasteiger partial charge in [0.2, 0.25) is 0 Å². The molecule has 0 aliphatic heterocycles. The van der Waals surface area contributed by atoms with Crippen LogP contribution in [0.1, 0.15) is 5.69 Å². The van der Waals surface area contributed by atoms with Gasteiger partial charge in [0.1, 0.15) is 0 Å². The van der Waals surface area contributed by atoms with Crippen LogP contribution in [0.5, 0.6) is 0 Å². The summed E-state index contributed by atoms with van der Waals surface area (Å²) in [6.07, 6.45) is 3.36.